The Labute approximate surface area is 255 Å². The molecule has 0 radical (unpaired) electrons. The Morgan fingerprint density at radius 2 is 1.77 bits per heavy atom. The number of hydrogen-bond donors (Lipinski definition) is 1. The van der Waals surface area contributed by atoms with E-state index in [4.69, 9.17) is 19.9 Å². The van der Waals surface area contributed by atoms with Crippen molar-refractivity contribution in [1.29, 1.82) is 0 Å². The fourth-order valence-electron chi connectivity index (χ4n) is 5.55. The maximum absolute atomic E-state index is 13.8. The van der Waals surface area contributed by atoms with Crippen LogP contribution in [0.5, 0.6) is 11.5 Å². The number of carbonyl (C=O) groups excluding carboxylic acids is 2. The summed E-state index contributed by atoms with van der Waals surface area (Å²) in [5.41, 5.74) is 6.58. The molecule has 3 heterocycles. The lowest BCUT2D eigenvalue weighted by molar-refractivity contribution is -0.146. The van der Waals surface area contributed by atoms with E-state index in [9.17, 15) is 19.2 Å². The molecule has 12 heteroatoms. The molecule has 2 aliphatic rings. The lowest BCUT2D eigenvalue weighted by Gasteiger charge is -2.42. The minimum atomic E-state index is -0.773. The van der Waals surface area contributed by atoms with Crippen LogP contribution in [-0.2, 0) is 16.1 Å². The van der Waals surface area contributed by atoms with Gasteiger partial charge in [0, 0.05) is 17.2 Å². The average Bonchev–Trinajstić information content (AvgIpc) is 3.19. The van der Waals surface area contributed by atoms with Crippen LogP contribution in [0.4, 0.5) is 0 Å². The molecule has 43 heavy (non-hydrogen) atoms. The molecule has 2 aromatic carbocycles. The van der Waals surface area contributed by atoms with Crippen LogP contribution >= 0.6 is 12.4 Å². The van der Waals surface area contributed by atoms with Gasteiger partial charge in [-0.15, -0.1) is 12.4 Å². The lowest BCUT2D eigenvalue weighted by Crippen LogP contribution is -2.46. The molecule has 2 N–H and O–H groups in total. The summed E-state index contributed by atoms with van der Waals surface area (Å²) in [6, 6.07) is 10.5. The van der Waals surface area contributed by atoms with Crippen LogP contribution in [0.1, 0.15) is 63.0 Å². The van der Waals surface area contributed by atoms with Crippen LogP contribution in [0.15, 0.2) is 63.7 Å². The Kier molecular flexibility index (Phi) is 9.08. The zero-order valence-electron chi connectivity index (χ0n) is 24.9. The Balaban J connectivity index is 0.00000423. The summed E-state index contributed by atoms with van der Waals surface area (Å²) in [6.45, 7) is 9.65. The van der Waals surface area contributed by atoms with E-state index in [-0.39, 0.29) is 43.9 Å². The molecular weight excluding hydrogens is 576 g/mol. The predicted octanol–water partition coefficient (Wildman–Crippen LogP) is 3.42. The lowest BCUT2D eigenvalue weighted by atomic mass is 9.83. The topological polar surface area (TPSA) is 137 Å². The second-order valence-electron chi connectivity index (χ2n) is 11.6. The molecule has 1 unspecified atom stereocenters. The van der Waals surface area contributed by atoms with Gasteiger partial charge in [-0.05, 0) is 75.1 Å². The summed E-state index contributed by atoms with van der Waals surface area (Å²) < 4.78 is 21.4. The maximum atomic E-state index is 13.8. The second-order valence-corrected chi connectivity index (χ2v) is 11.6. The molecule has 0 spiro atoms. The van der Waals surface area contributed by atoms with Gasteiger partial charge in [0.2, 0.25) is 0 Å². The number of esters is 1. The highest BCUT2D eigenvalue weighted by molar-refractivity contribution is 5.94. The Bertz CT molecular complexity index is 1680. The smallest absolute Gasteiger partial charge is 0.352 e. The first-order valence-electron chi connectivity index (χ1n) is 14.0. The first-order valence-corrected chi connectivity index (χ1v) is 14.0. The van der Waals surface area contributed by atoms with Gasteiger partial charge in [-0.1, -0.05) is 19.9 Å². The van der Waals surface area contributed by atoms with Crippen LogP contribution in [0.25, 0.3) is 5.69 Å². The van der Waals surface area contributed by atoms with Crippen molar-refractivity contribution in [3.05, 3.63) is 86.2 Å². The predicted molar refractivity (Wildman–Crippen MR) is 163 cm³/mol. The van der Waals surface area contributed by atoms with E-state index in [2.05, 4.69) is 0 Å². The monoisotopic (exact) mass is 612 g/mol. The van der Waals surface area contributed by atoms with Crippen molar-refractivity contribution in [1.82, 2.24) is 13.9 Å². The molecule has 5 rings (SSSR count). The van der Waals surface area contributed by atoms with Crippen molar-refractivity contribution in [3.8, 4) is 17.2 Å². The van der Waals surface area contributed by atoms with Crippen LogP contribution in [0, 0.1) is 5.92 Å². The van der Waals surface area contributed by atoms with E-state index < -0.39 is 35.0 Å². The van der Waals surface area contributed by atoms with Gasteiger partial charge in [-0.25, -0.2) is 23.5 Å². The summed E-state index contributed by atoms with van der Waals surface area (Å²) in [5, 5.41) is 0. The zero-order valence-corrected chi connectivity index (χ0v) is 25.7. The van der Waals surface area contributed by atoms with Crippen molar-refractivity contribution in [2.45, 2.75) is 65.3 Å². The Morgan fingerprint density at radius 3 is 2.42 bits per heavy atom. The van der Waals surface area contributed by atoms with Crippen LogP contribution in [0.2, 0.25) is 0 Å². The molecule has 0 fully saturated rings. The summed E-state index contributed by atoms with van der Waals surface area (Å²) >= 11 is 0. The number of hydrogen-bond acceptors (Lipinski definition) is 8. The fraction of sp³-hybridized carbons (Fsp3) is 0.419. The van der Waals surface area contributed by atoms with E-state index in [1.807, 2.05) is 39.8 Å². The van der Waals surface area contributed by atoms with Crippen molar-refractivity contribution < 1.29 is 23.8 Å². The van der Waals surface area contributed by atoms with Gasteiger partial charge in [0.1, 0.15) is 42.4 Å². The van der Waals surface area contributed by atoms with Gasteiger partial charge in [-0.3, -0.25) is 9.59 Å². The Morgan fingerprint density at radius 1 is 1.07 bits per heavy atom. The number of nitrogens with two attached hydrogens (primary N) is 1. The Hall–Kier alpha value is -4.09. The number of aromatic nitrogens is 3. The first kappa shape index (κ1) is 31.8. The number of allylic oxidation sites excluding steroid dienone is 1. The molecule has 0 amide bonds. The quantitative estimate of drug-likeness (QED) is 0.168. The first-order chi connectivity index (χ1) is 19.9. The molecule has 0 saturated heterocycles. The van der Waals surface area contributed by atoms with Gasteiger partial charge < -0.3 is 19.9 Å². The molecular formula is C31H37ClN4O7. The molecule has 0 bridgehead atoms. The van der Waals surface area contributed by atoms with Gasteiger partial charge in [0.25, 0.3) is 0 Å². The van der Waals surface area contributed by atoms with Crippen molar-refractivity contribution in [2.24, 2.45) is 11.7 Å². The van der Waals surface area contributed by atoms with Crippen LogP contribution in [0.3, 0.4) is 0 Å². The second kappa shape index (κ2) is 12.3. The zero-order chi connectivity index (χ0) is 30.3. The van der Waals surface area contributed by atoms with Crippen molar-refractivity contribution >= 4 is 24.2 Å². The molecule has 3 aromatic rings. The number of nitrogens with zero attached hydrogens (tertiary/aromatic N) is 3. The fourth-order valence-corrected chi connectivity index (χ4v) is 5.55. The molecule has 230 valence electrons. The standard InChI is InChI=1S/C31H36N4O7.ClH/c1-18(2)16-25(32)28(37)41-15-14-40-22-10-11-23-26(17-22)42-31(4,5)24-12-13-33-29(38)34(30(39)35(33)27(23)24)21-8-6-20(7-9-21)19(3)36;/h6-12,17-18,25,27H,13-16,32H2,1-5H3;1H/t25-,27?;/m0./s1. The maximum Gasteiger partial charge on any atom is 0.352 e. The third-order valence-corrected chi connectivity index (χ3v) is 7.58. The summed E-state index contributed by atoms with van der Waals surface area (Å²) in [4.78, 5) is 51.1. The molecule has 0 aliphatic carbocycles. The summed E-state index contributed by atoms with van der Waals surface area (Å²) in [6.07, 6.45) is 2.47. The highest BCUT2D eigenvalue weighted by Crippen LogP contribution is 2.47. The number of Topliss-reactive ketones (excluding diaryl/α,β-unsaturated/α-hetero) is 1. The minimum absolute atomic E-state index is 0. The third-order valence-electron chi connectivity index (χ3n) is 7.58. The largest absolute Gasteiger partial charge is 0.490 e. The highest BCUT2D eigenvalue weighted by atomic mass is 35.5. The summed E-state index contributed by atoms with van der Waals surface area (Å²) in [7, 11) is 0. The number of carbonyl (C=O) groups is 2. The van der Waals surface area contributed by atoms with Gasteiger partial charge in [0.05, 0.1) is 12.2 Å². The third kappa shape index (κ3) is 6.05. The molecule has 11 nitrogen and oxygen atoms in total. The van der Waals surface area contributed by atoms with E-state index in [1.54, 1.807) is 36.4 Å². The van der Waals surface area contributed by atoms with Gasteiger partial charge in [-0.2, -0.15) is 0 Å². The highest BCUT2D eigenvalue weighted by Gasteiger charge is 2.44. The number of rotatable bonds is 9. The van der Waals surface area contributed by atoms with E-state index in [1.165, 1.54) is 16.3 Å². The van der Waals surface area contributed by atoms with E-state index in [0.29, 0.717) is 34.7 Å². The van der Waals surface area contributed by atoms with Gasteiger partial charge >= 0.3 is 17.3 Å². The number of ketones is 1. The average molecular weight is 613 g/mol. The molecule has 1 aromatic heterocycles. The van der Waals surface area contributed by atoms with E-state index >= 15 is 0 Å². The van der Waals surface area contributed by atoms with Gasteiger partial charge in [0.15, 0.2) is 5.78 Å². The summed E-state index contributed by atoms with van der Waals surface area (Å²) in [5.74, 6) is 0.737. The number of fused-ring (bicyclic) bond motifs is 5. The number of ether oxygens (including phenoxy) is 3. The molecule has 0 saturated carbocycles. The SMILES string of the molecule is CC(=O)c1ccc(-n2c(=O)n3n(c2=O)C2C(=CC3)C(C)(C)Oc3cc(OCCOC(=O)[C@@H](N)CC(C)C)ccc32)cc1.Cl. The minimum Gasteiger partial charge on any atom is -0.490 e. The molecule has 2 aliphatic heterocycles. The number of halogens is 1. The van der Waals surface area contributed by atoms with E-state index in [0.717, 1.165) is 10.1 Å². The number of benzene rings is 2. The van der Waals surface area contributed by atoms with Crippen molar-refractivity contribution in [3.63, 3.8) is 0 Å². The van der Waals surface area contributed by atoms with Crippen LogP contribution in [-0.4, -0.2) is 50.5 Å². The van der Waals surface area contributed by atoms with Crippen LogP contribution < -0.4 is 26.6 Å². The van der Waals surface area contributed by atoms with Crippen molar-refractivity contribution in [2.75, 3.05) is 13.2 Å². The molecule has 2 atom stereocenters. The normalized spacial score (nSPS) is 16.9.